The van der Waals surface area contributed by atoms with Gasteiger partial charge < -0.3 is 20.5 Å². The molecule has 0 atom stereocenters. The lowest BCUT2D eigenvalue weighted by Crippen LogP contribution is -2.35. The molecule has 19 heavy (non-hydrogen) atoms. The fourth-order valence-electron chi connectivity index (χ4n) is 1.61. The average Bonchev–Trinajstić information content (AvgIpc) is 2.45. The molecular formula is C14H22N2O3. The highest BCUT2D eigenvalue weighted by Crippen LogP contribution is 2.04. The summed E-state index contributed by atoms with van der Waals surface area (Å²) in [6.45, 7) is 5.67. The predicted molar refractivity (Wildman–Crippen MR) is 73.7 cm³/mol. The topological polar surface area (TPSA) is 73.6 Å². The molecule has 0 saturated carbocycles. The van der Waals surface area contributed by atoms with Crippen LogP contribution in [0.1, 0.15) is 29.8 Å². The number of nitrogens with two attached hydrogens (primary N) is 1. The van der Waals surface area contributed by atoms with Gasteiger partial charge in [0.15, 0.2) is 6.29 Å². The van der Waals surface area contributed by atoms with Gasteiger partial charge in [-0.2, -0.15) is 0 Å². The maximum atomic E-state index is 11.9. The Bertz CT molecular complexity index is 373. The van der Waals surface area contributed by atoms with Crippen LogP contribution < -0.4 is 11.1 Å². The van der Waals surface area contributed by atoms with Gasteiger partial charge in [-0.05, 0) is 31.5 Å². The monoisotopic (exact) mass is 266 g/mol. The number of hydrogen-bond donors (Lipinski definition) is 2. The lowest BCUT2D eigenvalue weighted by molar-refractivity contribution is -0.131. The minimum absolute atomic E-state index is 0.145. The van der Waals surface area contributed by atoms with Crippen molar-refractivity contribution >= 4 is 5.91 Å². The van der Waals surface area contributed by atoms with E-state index in [-0.39, 0.29) is 5.91 Å². The van der Waals surface area contributed by atoms with Crippen molar-refractivity contribution in [2.45, 2.75) is 26.7 Å². The summed E-state index contributed by atoms with van der Waals surface area (Å²) in [5, 5.41) is 2.79. The smallest absolute Gasteiger partial charge is 0.251 e. The molecule has 3 N–H and O–H groups in total. The SMILES string of the molecule is CCOC(CNC(=O)c1ccc(CN)cc1)OCC. The van der Waals surface area contributed by atoms with E-state index in [0.717, 1.165) is 5.56 Å². The molecule has 0 aliphatic carbocycles. The van der Waals surface area contributed by atoms with Crippen LogP contribution in [0.5, 0.6) is 0 Å². The van der Waals surface area contributed by atoms with E-state index >= 15 is 0 Å². The van der Waals surface area contributed by atoms with Crippen LogP contribution in [-0.2, 0) is 16.0 Å². The summed E-state index contributed by atoms with van der Waals surface area (Å²) in [6.07, 6.45) is -0.401. The molecule has 0 aromatic heterocycles. The fourth-order valence-corrected chi connectivity index (χ4v) is 1.61. The Labute approximate surface area is 114 Å². The summed E-state index contributed by atoms with van der Waals surface area (Å²) in [4.78, 5) is 11.9. The lowest BCUT2D eigenvalue weighted by Gasteiger charge is -2.17. The van der Waals surface area contributed by atoms with Crippen molar-refractivity contribution in [2.24, 2.45) is 5.73 Å². The Balaban J connectivity index is 2.48. The first kappa shape index (κ1) is 15.6. The molecule has 0 aliphatic rings. The quantitative estimate of drug-likeness (QED) is 0.695. The summed E-state index contributed by atoms with van der Waals surface area (Å²) in [5.41, 5.74) is 7.11. The summed E-state index contributed by atoms with van der Waals surface area (Å²) in [5.74, 6) is -0.145. The maximum Gasteiger partial charge on any atom is 0.251 e. The van der Waals surface area contributed by atoms with Crippen molar-refractivity contribution in [2.75, 3.05) is 19.8 Å². The third-order valence-electron chi connectivity index (χ3n) is 2.59. The van der Waals surface area contributed by atoms with E-state index in [2.05, 4.69) is 5.32 Å². The van der Waals surface area contributed by atoms with Gasteiger partial charge in [0.2, 0.25) is 0 Å². The first-order valence-electron chi connectivity index (χ1n) is 6.51. The van der Waals surface area contributed by atoms with Crippen LogP contribution in [0, 0.1) is 0 Å². The lowest BCUT2D eigenvalue weighted by atomic mass is 10.1. The zero-order chi connectivity index (χ0) is 14.1. The molecule has 0 heterocycles. The highest BCUT2D eigenvalue weighted by atomic mass is 16.7. The second-order valence-corrected chi connectivity index (χ2v) is 3.95. The van der Waals surface area contributed by atoms with E-state index in [1.54, 1.807) is 12.1 Å². The van der Waals surface area contributed by atoms with E-state index < -0.39 is 6.29 Å². The van der Waals surface area contributed by atoms with Crippen LogP contribution in [0.3, 0.4) is 0 Å². The second-order valence-electron chi connectivity index (χ2n) is 3.95. The summed E-state index contributed by atoms with van der Waals surface area (Å²) in [6, 6.07) is 7.21. The van der Waals surface area contributed by atoms with Crippen LogP contribution >= 0.6 is 0 Å². The van der Waals surface area contributed by atoms with Gasteiger partial charge in [-0.1, -0.05) is 12.1 Å². The Hall–Kier alpha value is -1.43. The number of rotatable bonds is 8. The van der Waals surface area contributed by atoms with Crippen molar-refractivity contribution in [3.05, 3.63) is 35.4 Å². The molecule has 0 unspecified atom stereocenters. The molecule has 0 aliphatic heterocycles. The Kier molecular flexibility index (Phi) is 7.10. The van der Waals surface area contributed by atoms with Crippen LogP contribution in [0.15, 0.2) is 24.3 Å². The van der Waals surface area contributed by atoms with E-state index in [1.165, 1.54) is 0 Å². The Morgan fingerprint density at radius 3 is 2.26 bits per heavy atom. The van der Waals surface area contributed by atoms with E-state index in [4.69, 9.17) is 15.2 Å². The molecule has 0 bridgehead atoms. The molecule has 1 amide bonds. The van der Waals surface area contributed by atoms with Gasteiger partial charge in [0, 0.05) is 25.3 Å². The van der Waals surface area contributed by atoms with Crippen molar-refractivity contribution < 1.29 is 14.3 Å². The zero-order valence-electron chi connectivity index (χ0n) is 11.5. The first-order valence-corrected chi connectivity index (χ1v) is 6.51. The van der Waals surface area contributed by atoms with Gasteiger partial charge in [-0.15, -0.1) is 0 Å². The molecule has 1 rings (SSSR count). The first-order chi connectivity index (χ1) is 9.21. The van der Waals surface area contributed by atoms with E-state index in [9.17, 15) is 4.79 Å². The fraction of sp³-hybridized carbons (Fsp3) is 0.500. The van der Waals surface area contributed by atoms with Crippen LogP contribution in [-0.4, -0.2) is 32.0 Å². The number of nitrogens with one attached hydrogen (secondary N) is 1. The number of hydrogen-bond acceptors (Lipinski definition) is 4. The molecule has 106 valence electrons. The van der Waals surface area contributed by atoms with Crippen molar-refractivity contribution in [3.63, 3.8) is 0 Å². The molecule has 1 aromatic carbocycles. The Morgan fingerprint density at radius 2 is 1.79 bits per heavy atom. The number of ether oxygens (including phenoxy) is 2. The van der Waals surface area contributed by atoms with Crippen LogP contribution in [0.2, 0.25) is 0 Å². The minimum atomic E-state index is -0.401. The zero-order valence-corrected chi connectivity index (χ0v) is 11.5. The molecule has 5 nitrogen and oxygen atoms in total. The predicted octanol–water partition coefficient (Wildman–Crippen LogP) is 1.27. The van der Waals surface area contributed by atoms with Gasteiger partial charge in [0.05, 0.1) is 6.54 Å². The van der Waals surface area contributed by atoms with Crippen LogP contribution in [0.4, 0.5) is 0 Å². The average molecular weight is 266 g/mol. The number of carbonyl (C=O) groups excluding carboxylic acids is 1. The Morgan fingerprint density at radius 1 is 1.21 bits per heavy atom. The molecule has 0 saturated heterocycles. The number of benzene rings is 1. The van der Waals surface area contributed by atoms with Crippen molar-refractivity contribution in [1.82, 2.24) is 5.32 Å². The molecule has 1 aromatic rings. The van der Waals surface area contributed by atoms with Gasteiger partial charge in [0.1, 0.15) is 0 Å². The second kappa shape index (κ2) is 8.63. The summed E-state index contributed by atoms with van der Waals surface area (Å²) >= 11 is 0. The van der Waals surface area contributed by atoms with Gasteiger partial charge in [0.25, 0.3) is 5.91 Å². The molecule has 0 radical (unpaired) electrons. The normalized spacial score (nSPS) is 10.7. The molecule has 5 heteroatoms. The molecule has 0 spiro atoms. The third-order valence-corrected chi connectivity index (χ3v) is 2.59. The van der Waals surface area contributed by atoms with E-state index in [1.807, 2.05) is 26.0 Å². The number of carbonyl (C=O) groups is 1. The minimum Gasteiger partial charge on any atom is -0.351 e. The third kappa shape index (κ3) is 5.38. The number of amides is 1. The van der Waals surface area contributed by atoms with Crippen molar-refractivity contribution in [3.8, 4) is 0 Å². The highest BCUT2D eigenvalue weighted by Gasteiger charge is 2.11. The summed E-state index contributed by atoms with van der Waals surface area (Å²) in [7, 11) is 0. The standard InChI is InChI=1S/C14H22N2O3/c1-3-18-13(19-4-2)10-16-14(17)12-7-5-11(9-15)6-8-12/h5-8,13H,3-4,9-10,15H2,1-2H3,(H,16,17). The van der Waals surface area contributed by atoms with Gasteiger partial charge in [-0.3, -0.25) is 4.79 Å². The van der Waals surface area contributed by atoms with Gasteiger partial charge in [-0.25, -0.2) is 0 Å². The highest BCUT2D eigenvalue weighted by molar-refractivity contribution is 5.94. The van der Waals surface area contributed by atoms with Crippen LogP contribution in [0.25, 0.3) is 0 Å². The molecule has 0 fully saturated rings. The van der Waals surface area contributed by atoms with Gasteiger partial charge >= 0.3 is 0 Å². The van der Waals surface area contributed by atoms with Crippen molar-refractivity contribution in [1.29, 1.82) is 0 Å². The largest absolute Gasteiger partial charge is 0.351 e. The van der Waals surface area contributed by atoms with E-state index in [0.29, 0.717) is 31.9 Å². The molecular weight excluding hydrogens is 244 g/mol. The summed E-state index contributed by atoms with van der Waals surface area (Å²) < 4.78 is 10.7. The maximum absolute atomic E-state index is 11.9.